The summed E-state index contributed by atoms with van der Waals surface area (Å²) in [6, 6.07) is 2.66. The average Bonchev–Trinajstić information content (AvgIpc) is 2.86. The normalized spacial score (nSPS) is 10.8. The highest BCUT2D eigenvalue weighted by Gasteiger charge is 2.14. The van der Waals surface area contributed by atoms with Crippen molar-refractivity contribution >= 4 is 11.9 Å². The van der Waals surface area contributed by atoms with Crippen molar-refractivity contribution in [1.29, 1.82) is 0 Å². The molecule has 0 spiro atoms. The lowest BCUT2D eigenvalue weighted by Crippen LogP contribution is -2.23. The van der Waals surface area contributed by atoms with Crippen molar-refractivity contribution in [2.45, 2.75) is 46.0 Å². The molecule has 1 rings (SSSR count). The first-order valence-electron chi connectivity index (χ1n) is 7.12. The highest BCUT2D eigenvalue weighted by molar-refractivity contribution is 5.93. The first kappa shape index (κ1) is 16.3. The summed E-state index contributed by atoms with van der Waals surface area (Å²) in [5.41, 5.74) is 0. The van der Waals surface area contributed by atoms with Crippen LogP contribution in [0.1, 0.15) is 67.1 Å². The van der Waals surface area contributed by atoms with E-state index < -0.39 is 5.97 Å². The first-order chi connectivity index (χ1) is 9.50. The van der Waals surface area contributed by atoms with Gasteiger partial charge in [0.1, 0.15) is 0 Å². The number of carbonyl (C=O) groups excluding carboxylic acids is 1. The van der Waals surface area contributed by atoms with Crippen LogP contribution in [0.2, 0.25) is 0 Å². The zero-order valence-electron chi connectivity index (χ0n) is 12.1. The average molecular weight is 281 g/mol. The molecule has 0 radical (unpaired) electrons. The summed E-state index contributed by atoms with van der Waals surface area (Å²) in [4.78, 5) is 22.3. The van der Waals surface area contributed by atoms with Crippen molar-refractivity contribution in [3.63, 3.8) is 0 Å². The fourth-order valence-electron chi connectivity index (χ4n) is 1.90. The van der Waals surface area contributed by atoms with Crippen molar-refractivity contribution in [3.05, 3.63) is 23.7 Å². The molecule has 0 saturated carbocycles. The Kier molecular flexibility index (Phi) is 6.84. The van der Waals surface area contributed by atoms with Gasteiger partial charge in [0.2, 0.25) is 5.76 Å². The van der Waals surface area contributed by atoms with Crippen LogP contribution in [-0.4, -0.2) is 23.5 Å². The lowest BCUT2D eigenvalue weighted by Gasteiger charge is -2.05. The maximum atomic E-state index is 11.7. The molecule has 0 aliphatic carbocycles. The molecule has 0 atom stereocenters. The van der Waals surface area contributed by atoms with Crippen LogP contribution in [0.15, 0.2) is 16.5 Å². The van der Waals surface area contributed by atoms with Gasteiger partial charge in [-0.05, 0) is 24.5 Å². The summed E-state index contributed by atoms with van der Waals surface area (Å²) in [6.07, 6.45) is 5.67. The third-order valence-corrected chi connectivity index (χ3v) is 3.03. The number of rotatable bonds is 9. The Balaban J connectivity index is 2.15. The first-order valence-corrected chi connectivity index (χ1v) is 7.12. The Labute approximate surface area is 119 Å². The summed E-state index contributed by atoms with van der Waals surface area (Å²) in [5.74, 6) is -0.961. The maximum absolute atomic E-state index is 11.7. The number of unbranched alkanes of at least 4 members (excludes halogenated alkanes) is 3. The van der Waals surface area contributed by atoms with Gasteiger partial charge >= 0.3 is 5.97 Å². The summed E-state index contributed by atoms with van der Waals surface area (Å²) >= 11 is 0. The molecule has 2 N–H and O–H groups in total. The van der Waals surface area contributed by atoms with Gasteiger partial charge in [-0.15, -0.1) is 0 Å². The lowest BCUT2D eigenvalue weighted by atomic mass is 10.0. The number of hydrogen-bond acceptors (Lipinski definition) is 3. The number of amides is 1. The maximum Gasteiger partial charge on any atom is 0.371 e. The Morgan fingerprint density at radius 2 is 1.80 bits per heavy atom. The predicted molar refractivity (Wildman–Crippen MR) is 75.9 cm³/mol. The molecule has 0 aromatic carbocycles. The van der Waals surface area contributed by atoms with Crippen LogP contribution < -0.4 is 5.32 Å². The predicted octanol–water partition coefficient (Wildman–Crippen LogP) is 3.31. The molecule has 0 bridgehead atoms. The molecule has 1 aromatic heterocycles. The molecule has 1 amide bonds. The van der Waals surface area contributed by atoms with Gasteiger partial charge in [-0.2, -0.15) is 0 Å². The largest absolute Gasteiger partial charge is 0.475 e. The molecule has 0 unspecified atom stereocenters. The second kappa shape index (κ2) is 8.40. The summed E-state index contributed by atoms with van der Waals surface area (Å²) < 4.78 is 4.92. The van der Waals surface area contributed by atoms with E-state index in [1.54, 1.807) is 0 Å². The molecule has 20 heavy (non-hydrogen) atoms. The highest BCUT2D eigenvalue weighted by Crippen LogP contribution is 2.10. The minimum atomic E-state index is -1.17. The standard InChI is InChI=1S/C15H23NO4/c1-11(2)7-5-3-4-6-10-16-14(17)12-8-9-13(20-12)15(18)19/h8-9,11H,3-7,10H2,1-2H3,(H,16,17)(H,18,19). The summed E-state index contributed by atoms with van der Waals surface area (Å²) in [7, 11) is 0. The fraction of sp³-hybridized carbons (Fsp3) is 0.600. The van der Waals surface area contributed by atoms with Crippen molar-refractivity contribution in [3.8, 4) is 0 Å². The van der Waals surface area contributed by atoms with Gasteiger partial charge in [0.25, 0.3) is 5.91 Å². The summed E-state index contributed by atoms with van der Waals surface area (Å²) in [6.45, 7) is 5.02. The zero-order chi connectivity index (χ0) is 15.0. The number of aromatic carboxylic acids is 1. The van der Waals surface area contributed by atoms with E-state index in [9.17, 15) is 9.59 Å². The number of furan rings is 1. The highest BCUT2D eigenvalue weighted by atomic mass is 16.4. The van der Waals surface area contributed by atoms with E-state index >= 15 is 0 Å². The van der Waals surface area contributed by atoms with Gasteiger partial charge in [0.15, 0.2) is 5.76 Å². The topological polar surface area (TPSA) is 79.5 Å². The van der Waals surface area contributed by atoms with Crippen molar-refractivity contribution in [2.75, 3.05) is 6.54 Å². The van der Waals surface area contributed by atoms with Crippen LogP contribution in [0.4, 0.5) is 0 Å². The second-order valence-electron chi connectivity index (χ2n) is 5.32. The third kappa shape index (κ3) is 5.91. The van der Waals surface area contributed by atoms with E-state index in [0.717, 1.165) is 18.8 Å². The molecule has 1 heterocycles. The Hall–Kier alpha value is -1.78. The number of carboxylic acid groups (broad SMARTS) is 1. The van der Waals surface area contributed by atoms with Crippen LogP contribution in [-0.2, 0) is 0 Å². The SMILES string of the molecule is CC(C)CCCCCCNC(=O)c1ccc(C(=O)O)o1. The van der Waals surface area contributed by atoms with Gasteiger partial charge in [-0.3, -0.25) is 4.79 Å². The van der Waals surface area contributed by atoms with Gasteiger partial charge in [0.05, 0.1) is 0 Å². The van der Waals surface area contributed by atoms with Gasteiger partial charge in [0, 0.05) is 6.54 Å². The zero-order valence-corrected chi connectivity index (χ0v) is 12.1. The second-order valence-corrected chi connectivity index (χ2v) is 5.32. The van der Waals surface area contributed by atoms with Gasteiger partial charge in [-0.25, -0.2) is 4.79 Å². The van der Waals surface area contributed by atoms with Crippen molar-refractivity contribution in [2.24, 2.45) is 5.92 Å². The number of hydrogen-bond donors (Lipinski definition) is 2. The van der Waals surface area contributed by atoms with E-state index in [1.807, 2.05) is 0 Å². The van der Waals surface area contributed by atoms with Crippen molar-refractivity contribution < 1.29 is 19.1 Å². The molecule has 0 aliphatic heterocycles. The van der Waals surface area contributed by atoms with Crippen LogP contribution in [0.5, 0.6) is 0 Å². The minimum Gasteiger partial charge on any atom is -0.475 e. The number of carbonyl (C=O) groups is 2. The quantitative estimate of drug-likeness (QED) is 0.680. The van der Waals surface area contributed by atoms with E-state index in [-0.39, 0.29) is 17.4 Å². The molecule has 0 saturated heterocycles. The lowest BCUT2D eigenvalue weighted by molar-refractivity contribution is 0.0659. The van der Waals surface area contributed by atoms with E-state index in [1.165, 1.54) is 31.4 Å². The number of nitrogens with one attached hydrogen (secondary N) is 1. The molecular formula is C15H23NO4. The van der Waals surface area contributed by atoms with E-state index in [4.69, 9.17) is 9.52 Å². The minimum absolute atomic E-state index is 0.0437. The Morgan fingerprint density at radius 3 is 2.40 bits per heavy atom. The van der Waals surface area contributed by atoms with E-state index in [2.05, 4.69) is 19.2 Å². The molecule has 5 heteroatoms. The monoisotopic (exact) mass is 281 g/mol. The summed E-state index contributed by atoms with van der Waals surface area (Å²) in [5, 5.41) is 11.4. The molecular weight excluding hydrogens is 258 g/mol. The molecule has 1 aromatic rings. The smallest absolute Gasteiger partial charge is 0.371 e. The Morgan fingerprint density at radius 1 is 1.15 bits per heavy atom. The van der Waals surface area contributed by atoms with Gasteiger partial charge in [-0.1, -0.05) is 39.5 Å². The van der Waals surface area contributed by atoms with Crippen LogP contribution in [0, 0.1) is 5.92 Å². The Bertz CT molecular complexity index is 437. The molecule has 0 fully saturated rings. The van der Waals surface area contributed by atoms with Gasteiger partial charge < -0.3 is 14.8 Å². The fourth-order valence-corrected chi connectivity index (χ4v) is 1.90. The van der Waals surface area contributed by atoms with Crippen LogP contribution >= 0.6 is 0 Å². The molecule has 112 valence electrons. The van der Waals surface area contributed by atoms with Crippen LogP contribution in [0.3, 0.4) is 0 Å². The third-order valence-electron chi connectivity index (χ3n) is 3.03. The van der Waals surface area contributed by atoms with Crippen molar-refractivity contribution in [1.82, 2.24) is 5.32 Å². The number of carboxylic acids is 1. The van der Waals surface area contributed by atoms with E-state index in [0.29, 0.717) is 6.54 Å². The van der Waals surface area contributed by atoms with Crippen LogP contribution in [0.25, 0.3) is 0 Å². The molecule has 0 aliphatic rings. The molecule has 5 nitrogen and oxygen atoms in total.